The number of guanidine groups is 1. The molecule has 1 aromatic rings. The van der Waals surface area contributed by atoms with Crippen LogP contribution < -0.4 is 16.4 Å². The van der Waals surface area contributed by atoms with E-state index in [0.717, 1.165) is 57.9 Å². The fourth-order valence-corrected chi connectivity index (χ4v) is 5.81. The molecule has 0 aliphatic carbocycles. The summed E-state index contributed by atoms with van der Waals surface area (Å²) in [6.07, 6.45) is 5.51. The minimum absolute atomic E-state index is 0. The van der Waals surface area contributed by atoms with Crippen LogP contribution in [-0.4, -0.2) is 75.0 Å². The number of amides is 1. The standard InChI is InChI=1S/C22H38N6OS.HI/c1-24-22(25-10-6-13-28-12-4-8-18(16-28)21(23)29)26-15-17-7-3-11-27(2)20(17)19-9-5-14-30-19;/h5,9,14,17-18,20H,3-4,6-8,10-13,15-16H2,1-2H3,(H2,23,29)(H2,24,25,26);1H. The molecular weight excluding hydrogens is 523 g/mol. The Kier molecular flexibility index (Phi) is 11.6. The van der Waals surface area contributed by atoms with Gasteiger partial charge in [-0.05, 0) is 76.2 Å². The Balaban J connectivity index is 0.00000341. The van der Waals surface area contributed by atoms with Gasteiger partial charge in [0, 0.05) is 37.6 Å². The van der Waals surface area contributed by atoms with Crippen LogP contribution in [0.15, 0.2) is 22.5 Å². The molecule has 2 aliphatic rings. The van der Waals surface area contributed by atoms with Crippen LogP contribution in [0.5, 0.6) is 0 Å². The summed E-state index contributed by atoms with van der Waals surface area (Å²) >= 11 is 1.86. The van der Waals surface area contributed by atoms with E-state index in [1.165, 1.54) is 24.3 Å². The fourth-order valence-electron chi connectivity index (χ4n) is 4.83. The van der Waals surface area contributed by atoms with Crippen molar-refractivity contribution in [1.82, 2.24) is 20.4 Å². The number of nitrogens with two attached hydrogens (primary N) is 1. The maximum Gasteiger partial charge on any atom is 0.221 e. The van der Waals surface area contributed by atoms with Crippen molar-refractivity contribution < 1.29 is 4.79 Å². The van der Waals surface area contributed by atoms with Crippen molar-refractivity contribution in [1.29, 1.82) is 0 Å². The summed E-state index contributed by atoms with van der Waals surface area (Å²) in [5.41, 5.74) is 5.48. The van der Waals surface area contributed by atoms with Gasteiger partial charge >= 0.3 is 0 Å². The number of thiophene rings is 1. The Morgan fingerprint density at radius 1 is 1.29 bits per heavy atom. The summed E-state index contributed by atoms with van der Waals surface area (Å²) in [5.74, 6) is 1.32. The molecular formula is C22H39IN6OS. The number of halogens is 1. The highest BCUT2D eigenvalue weighted by molar-refractivity contribution is 14.0. The maximum atomic E-state index is 11.4. The molecule has 0 bridgehead atoms. The van der Waals surface area contributed by atoms with E-state index in [1.807, 2.05) is 18.4 Å². The Labute approximate surface area is 208 Å². The molecule has 1 amide bonds. The Hall–Kier alpha value is -0.910. The normalized spacial score (nSPS) is 25.6. The number of piperidine rings is 2. The molecule has 4 N–H and O–H groups in total. The number of rotatable bonds is 8. The van der Waals surface area contributed by atoms with Crippen LogP contribution in [0.4, 0.5) is 0 Å². The van der Waals surface area contributed by atoms with E-state index in [-0.39, 0.29) is 35.8 Å². The van der Waals surface area contributed by atoms with E-state index >= 15 is 0 Å². The first-order chi connectivity index (χ1) is 14.6. The van der Waals surface area contributed by atoms with Gasteiger partial charge in [0.15, 0.2) is 5.96 Å². The summed E-state index contributed by atoms with van der Waals surface area (Å²) in [6.45, 7) is 5.83. The number of hydrogen-bond donors (Lipinski definition) is 3. The molecule has 2 saturated heterocycles. The Bertz CT molecular complexity index is 686. The quantitative estimate of drug-likeness (QED) is 0.196. The second-order valence-electron chi connectivity index (χ2n) is 8.62. The average molecular weight is 563 g/mol. The van der Waals surface area contributed by atoms with Crippen LogP contribution in [0.3, 0.4) is 0 Å². The van der Waals surface area contributed by atoms with Crippen molar-refractivity contribution in [3.63, 3.8) is 0 Å². The summed E-state index contributed by atoms with van der Waals surface area (Å²) in [7, 11) is 4.08. The van der Waals surface area contributed by atoms with E-state index in [0.29, 0.717) is 12.0 Å². The first kappa shape index (κ1) is 26.3. The van der Waals surface area contributed by atoms with Gasteiger partial charge in [0.2, 0.25) is 5.91 Å². The molecule has 9 heteroatoms. The molecule has 0 radical (unpaired) electrons. The highest BCUT2D eigenvalue weighted by atomic mass is 127. The molecule has 3 unspecified atom stereocenters. The molecule has 176 valence electrons. The Morgan fingerprint density at radius 2 is 2.10 bits per heavy atom. The first-order valence-electron chi connectivity index (χ1n) is 11.3. The number of nitrogens with one attached hydrogen (secondary N) is 2. The molecule has 3 atom stereocenters. The number of hydrogen-bond acceptors (Lipinski definition) is 5. The minimum Gasteiger partial charge on any atom is -0.369 e. The highest BCUT2D eigenvalue weighted by Crippen LogP contribution is 2.36. The zero-order valence-electron chi connectivity index (χ0n) is 18.9. The lowest BCUT2D eigenvalue weighted by Gasteiger charge is -2.39. The molecule has 0 spiro atoms. The molecule has 1 aromatic heterocycles. The van der Waals surface area contributed by atoms with Gasteiger partial charge < -0.3 is 21.3 Å². The van der Waals surface area contributed by atoms with Crippen LogP contribution in [0, 0.1) is 11.8 Å². The molecule has 7 nitrogen and oxygen atoms in total. The van der Waals surface area contributed by atoms with Gasteiger partial charge in [0.25, 0.3) is 0 Å². The van der Waals surface area contributed by atoms with Crippen molar-refractivity contribution >= 4 is 47.2 Å². The zero-order valence-corrected chi connectivity index (χ0v) is 22.0. The van der Waals surface area contributed by atoms with Gasteiger partial charge in [-0.15, -0.1) is 35.3 Å². The summed E-state index contributed by atoms with van der Waals surface area (Å²) < 4.78 is 0. The van der Waals surface area contributed by atoms with Crippen molar-refractivity contribution in [2.45, 2.75) is 38.1 Å². The largest absolute Gasteiger partial charge is 0.369 e. The van der Waals surface area contributed by atoms with Crippen LogP contribution in [0.1, 0.15) is 43.0 Å². The monoisotopic (exact) mass is 562 g/mol. The van der Waals surface area contributed by atoms with Crippen LogP contribution in [0.2, 0.25) is 0 Å². The molecule has 0 saturated carbocycles. The van der Waals surface area contributed by atoms with Gasteiger partial charge in [-0.3, -0.25) is 14.7 Å². The van der Waals surface area contributed by atoms with Crippen LogP contribution >= 0.6 is 35.3 Å². The third-order valence-electron chi connectivity index (χ3n) is 6.45. The van der Waals surface area contributed by atoms with Gasteiger partial charge in [0.05, 0.1) is 5.92 Å². The predicted octanol–water partition coefficient (Wildman–Crippen LogP) is 2.50. The third kappa shape index (κ3) is 7.87. The average Bonchev–Trinajstić information content (AvgIpc) is 3.27. The van der Waals surface area contributed by atoms with Gasteiger partial charge in [-0.25, -0.2) is 0 Å². The number of carbonyl (C=O) groups is 1. The summed E-state index contributed by atoms with van der Waals surface area (Å²) in [5, 5.41) is 9.18. The predicted molar refractivity (Wildman–Crippen MR) is 140 cm³/mol. The minimum atomic E-state index is -0.156. The second kappa shape index (κ2) is 13.6. The number of nitrogens with zero attached hydrogens (tertiary/aromatic N) is 3. The first-order valence-corrected chi connectivity index (χ1v) is 12.2. The molecule has 2 aliphatic heterocycles. The van der Waals surface area contributed by atoms with Gasteiger partial charge in [-0.1, -0.05) is 6.07 Å². The third-order valence-corrected chi connectivity index (χ3v) is 7.39. The molecule has 2 fully saturated rings. The molecule has 0 aromatic carbocycles. The van der Waals surface area contributed by atoms with Crippen molar-refractivity contribution in [2.24, 2.45) is 22.6 Å². The van der Waals surface area contributed by atoms with Gasteiger partial charge in [-0.2, -0.15) is 0 Å². The Morgan fingerprint density at radius 3 is 2.81 bits per heavy atom. The summed E-state index contributed by atoms with van der Waals surface area (Å²) in [6, 6.07) is 4.91. The van der Waals surface area contributed by atoms with E-state index < -0.39 is 0 Å². The van der Waals surface area contributed by atoms with Gasteiger partial charge in [0.1, 0.15) is 0 Å². The van der Waals surface area contributed by atoms with E-state index in [1.54, 1.807) is 0 Å². The zero-order chi connectivity index (χ0) is 21.3. The number of likely N-dealkylation sites (tertiary alicyclic amines) is 2. The van der Waals surface area contributed by atoms with Crippen molar-refractivity contribution in [3.05, 3.63) is 22.4 Å². The molecule has 3 rings (SSSR count). The smallest absolute Gasteiger partial charge is 0.221 e. The van der Waals surface area contributed by atoms with E-state index in [2.05, 4.69) is 50.0 Å². The van der Waals surface area contributed by atoms with Crippen LogP contribution in [-0.2, 0) is 4.79 Å². The summed E-state index contributed by atoms with van der Waals surface area (Å²) in [4.78, 5) is 22.2. The topological polar surface area (TPSA) is 86.0 Å². The number of aliphatic imine (C=N–C) groups is 1. The van der Waals surface area contributed by atoms with E-state index in [4.69, 9.17) is 5.73 Å². The fraction of sp³-hybridized carbons (Fsp3) is 0.727. The maximum absolute atomic E-state index is 11.4. The van der Waals surface area contributed by atoms with Crippen molar-refractivity contribution in [2.75, 3.05) is 53.4 Å². The number of carbonyl (C=O) groups excluding carboxylic acids is 1. The lowest BCUT2D eigenvalue weighted by atomic mass is 9.88. The lowest BCUT2D eigenvalue weighted by Crippen LogP contribution is -2.45. The number of primary amides is 1. The SMILES string of the molecule is CN=C(NCCCN1CCCC(C(N)=O)C1)NCC1CCCN(C)C1c1cccs1.I. The van der Waals surface area contributed by atoms with Crippen molar-refractivity contribution in [3.8, 4) is 0 Å². The molecule has 31 heavy (non-hydrogen) atoms. The van der Waals surface area contributed by atoms with E-state index in [9.17, 15) is 4.79 Å². The lowest BCUT2D eigenvalue weighted by molar-refractivity contribution is -0.123. The highest BCUT2D eigenvalue weighted by Gasteiger charge is 2.31. The van der Waals surface area contributed by atoms with Crippen LogP contribution in [0.25, 0.3) is 0 Å². The second-order valence-corrected chi connectivity index (χ2v) is 9.60. The molecule has 3 heterocycles.